The molecule has 4 heteroatoms. The molecule has 1 aliphatic rings. The first kappa shape index (κ1) is 15.8. The van der Waals surface area contributed by atoms with Crippen molar-refractivity contribution < 1.29 is 4.74 Å². The second kappa shape index (κ2) is 6.90. The Bertz CT molecular complexity index is 405. The molecule has 2 N–H and O–H groups in total. The molecule has 3 nitrogen and oxygen atoms in total. The van der Waals surface area contributed by atoms with E-state index in [2.05, 4.69) is 43.5 Å². The molecule has 1 heterocycles. The summed E-state index contributed by atoms with van der Waals surface area (Å²) in [5, 5.41) is 7.95. The first-order chi connectivity index (χ1) is 9.42. The van der Waals surface area contributed by atoms with E-state index in [-0.39, 0.29) is 5.60 Å². The van der Waals surface area contributed by atoms with Crippen LogP contribution >= 0.6 is 11.6 Å². The van der Waals surface area contributed by atoms with Crippen LogP contribution in [-0.2, 0) is 11.2 Å². The third-order valence-corrected chi connectivity index (χ3v) is 3.67. The summed E-state index contributed by atoms with van der Waals surface area (Å²) in [6.07, 6.45) is 1.02. The van der Waals surface area contributed by atoms with E-state index in [1.54, 1.807) is 0 Å². The van der Waals surface area contributed by atoms with Gasteiger partial charge >= 0.3 is 0 Å². The SMILES string of the molecule is CC(C)(C)OC[C@H]1CN[C@@H](Cc2ccc(Cl)cc2)CN1. The van der Waals surface area contributed by atoms with Crippen molar-refractivity contribution in [3.05, 3.63) is 34.9 Å². The van der Waals surface area contributed by atoms with Gasteiger partial charge in [0.1, 0.15) is 0 Å². The van der Waals surface area contributed by atoms with Crippen molar-refractivity contribution in [3.63, 3.8) is 0 Å². The molecule has 1 fully saturated rings. The second-order valence-corrected chi connectivity index (χ2v) is 6.90. The number of nitrogens with one attached hydrogen (secondary N) is 2. The van der Waals surface area contributed by atoms with E-state index in [9.17, 15) is 0 Å². The van der Waals surface area contributed by atoms with E-state index < -0.39 is 0 Å². The predicted molar refractivity (Wildman–Crippen MR) is 84.4 cm³/mol. The normalized spacial score (nSPS) is 23.8. The maximum atomic E-state index is 5.90. The van der Waals surface area contributed by atoms with Crippen LogP contribution in [0.3, 0.4) is 0 Å². The molecule has 20 heavy (non-hydrogen) atoms. The molecule has 0 spiro atoms. The van der Waals surface area contributed by atoms with E-state index in [4.69, 9.17) is 16.3 Å². The van der Waals surface area contributed by atoms with Crippen LogP contribution in [0.2, 0.25) is 5.02 Å². The quantitative estimate of drug-likeness (QED) is 0.896. The van der Waals surface area contributed by atoms with Gasteiger partial charge in [0, 0.05) is 30.2 Å². The fraction of sp³-hybridized carbons (Fsp3) is 0.625. The summed E-state index contributed by atoms with van der Waals surface area (Å²) in [7, 11) is 0. The van der Waals surface area contributed by atoms with Gasteiger partial charge in [0.15, 0.2) is 0 Å². The Kier molecular flexibility index (Phi) is 5.44. The standard InChI is InChI=1S/C16H25ClN2O/c1-16(2,3)20-11-15-10-18-14(9-19-15)8-12-4-6-13(17)7-5-12/h4-7,14-15,18-19H,8-11H2,1-3H3/t14-,15+/m0/s1. The molecule has 1 saturated heterocycles. The number of hydrogen-bond donors (Lipinski definition) is 2. The summed E-state index contributed by atoms with van der Waals surface area (Å²) in [4.78, 5) is 0. The smallest absolute Gasteiger partial charge is 0.0639 e. The van der Waals surface area contributed by atoms with Crippen LogP contribution in [0.15, 0.2) is 24.3 Å². The monoisotopic (exact) mass is 296 g/mol. The van der Waals surface area contributed by atoms with Gasteiger partial charge in [0.2, 0.25) is 0 Å². The summed E-state index contributed by atoms with van der Waals surface area (Å²) in [6, 6.07) is 8.97. The third-order valence-electron chi connectivity index (χ3n) is 3.42. The molecular weight excluding hydrogens is 272 g/mol. The van der Waals surface area contributed by atoms with E-state index in [0.29, 0.717) is 12.1 Å². The number of rotatable bonds is 4. The minimum Gasteiger partial charge on any atom is -0.374 e. The van der Waals surface area contributed by atoms with E-state index in [1.165, 1.54) is 5.56 Å². The largest absolute Gasteiger partial charge is 0.374 e. The zero-order valence-electron chi connectivity index (χ0n) is 12.6. The van der Waals surface area contributed by atoms with Crippen molar-refractivity contribution in [2.45, 2.75) is 44.9 Å². The number of piperazine rings is 1. The Morgan fingerprint density at radius 3 is 2.25 bits per heavy atom. The lowest BCUT2D eigenvalue weighted by atomic mass is 10.0. The zero-order chi connectivity index (χ0) is 14.6. The Hall–Kier alpha value is -0.610. The van der Waals surface area contributed by atoms with Crippen molar-refractivity contribution in [2.75, 3.05) is 19.7 Å². The van der Waals surface area contributed by atoms with Crippen molar-refractivity contribution in [1.82, 2.24) is 10.6 Å². The second-order valence-electron chi connectivity index (χ2n) is 6.46. The molecule has 1 aliphatic heterocycles. The van der Waals surface area contributed by atoms with Crippen LogP contribution < -0.4 is 10.6 Å². The molecule has 112 valence electrons. The van der Waals surface area contributed by atoms with Crippen LogP contribution in [0.4, 0.5) is 0 Å². The average molecular weight is 297 g/mol. The van der Waals surface area contributed by atoms with E-state index in [0.717, 1.165) is 31.1 Å². The van der Waals surface area contributed by atoms with Gasteiger partial charge in [-0.2, -0.15) is 0 Å². The topological polar surface area (TPSA) is 33.3 Å². The highest BCUT2D eigenvalue weighted by Crippen LogP contribution is 2.12. The van der Waals surface area contributed by atoms with Gasteiger partial charge in [0.25, 0.3) is 0 Å². The lowest BCUT2D eigenvalue weighted by Gasteiger charge is -2.33. The maximum absolute atomic E-state index is 5.90. The van der Waals surface area contributed by atoms with Gasteiger partial charge in [-0.1, -0.05) is 23.7 Å². The molecular formula is C16H25ClN2O. The Balaban J connectivity index is 1.73. The van der Waals surface area contributed by atoms with Gasteiger partial charge in [-0.05, 0) is 44.9 Å². The van der Waals surface area contributed by atoms with Gasteiger partial charge in [-0.3, -0.25) is 0 Å². The third kappa shape index (κ3) is 5.41. The van der Waals surface area contributed by atoms with Crippen LogP contribution in [0, 0.1) is 0 Å². The van der Waals surface area contributed by atoms with Crippen LogP contribution in [0.5, 0.6) is 0 Å². The number of hydrogen-bond acceptors (Lipinski definition) is 3. The van der Waals surface area contributed by atoms with Crippen LogP contribution in [0.25, 0.3) is 0 Å². The van der Waals surface area contributed by atoms with Gasteiger partial charge in [0.05, 0.1) is 12.2 Å². The average Bonchev–Trinajstić information content (AvgIpc) is 2.40. The van der Waals surface area contributed by atoms with Crippen molar-refractivity contribution in [2.24, 2.45) is 0 Å². The summed E-state index contributed by atoms with van der Waals surface area (Å²) in [6.45, 7) is 8.95. The fourth-order valence-corrected chi connectivity index (χ4v) is 2.41. The molecule has 0 radical (unpaired) electrons. The summed E-state index contributed by atoms with van der Waals surface area (Å²) >= 11 is 5.90. The Labute approximate surface area is 127 Å². The molecule has 1 aromatic carbocycles. The highest BCUT2D eigenvalue weighted by Gasteiger charge is 2.22. The fourth-order valence-electron chi connectivity index (χ4n) is 2.28. The van der Waals surface area contributed by atoms with Crippen molar-refractivity contribution >= 4 is 11.6 Å². The molecule has 0 amide bonds. The molecule has 0 unspecified atom stereocenters. The molecule has 0 bridgehead atoms. The first-order valence-corrected chi connectivity index (χ1v) is 7.65. The number of benzene rings is 1. The first-order valence-electron chi connectivity index (χ1n) is 7.27. The van der Waals surface area contributed by atoms with Crippen LogP contribution in [-0.4, -0.2) is 37.4 Å². The van der Waals surface area contributed by atoms with Gasteiger partial charge < -0.3 is 15.4 Å². The Morgan fingerprint density at radius 1 is 1.10 bits per heavy atom. The minimum atomic E-state index is -0.0676. The highest BCUT2D eigenvalue weighted by molar-refractivity contribution is 6.30. The molecule has 2 rings (SSSR count). The number of halogens is 1. The van der Waals surface area contributed by atoms with Gasteiger partial charge in [-0.15, -0.1) is 0 Å². The molecule has 0 aliphatic carbocycles. The molecule has 1 aromatic rings. The molecule has 0 aromatic heterocycles. The molecule has 2 atom stereocenters. The zero-order valence-corrected chi connectivity index (χ0v) is 13.3. The van der Waals surface area contributed by atoms with E-state index in [1.807, 2.05) is 12.1 Å². The Morgan fingerprint density at radius 2 is 1.70 bits per heavy atom. The van der Waals surface area contributed by atoms with Crippen molar-refractivity contribution in [1.29, 1.82) is 0 Å². The number of ether oxygens (including phenoxy) is 1. The summed E-state index contributed by atoms with van der Waals surface area (Å²) in [5.74, 6) is 0. The summed E-state index contributed by atoms with van der Waals surface area (Å²) < 4.78 is 5.82. The highest BCUT2D eigenvalue weighted by atomic mass is 35.5. The summed E-state index contributed by atoms with van der Waals surface area (Å²) in [5.41, 5.74) is 1.25. The molecule has 0 saturated carbocycles. The minimum absolute atomic E-state index is 0.0676. The lowest BCUT2D eigenvalue weighted by Crippen LogP contribution is -2.57. The lowest BCUT2D eigenvalue weighted by molar-refractivity contribution is -0.0169. The predicted octanol–water partition coefficient (Wildman–Crippen LogP) is 2.63. The van der Waals surface area contributed by atoms with Crippen LogP contribution in [0.1, 0.15) is 26.3 Å². The van der Waals surface area contributed by atoms with Crippen molar-refractivity contribution in [3.8, 4) is 0 Å². The van der Waals surface area contributed by atoms with Gasteiger partial charge in [-0.25, -0.2) is 0 Å². The van der Waals surface area contributed by atoms with E-state index >= 15 is 0 Å². The maximum Gasteiger partial charge on any atom is 0.0639 e.